The SMILES string of the molecule is CCC(N)(CC)CCNS(=O)(=O)c1ccc([N+](=O)[O-])cc1. The first-order valence-corrected chi connectivity index (χ1v) is 8.25. The van der Waals surface area contributed by atoms with Crippen molar-refractivity contribution in [2.24, 2.45) is 5.73 Å². The summed E-state index contributed by atoms with van der Waals surface area (Å²) in [5, 5.41) is 10.5. The second-order valence-electron chi connectivity index (χ2n) is 4.97. The Morgan fingerprint density at radius 1 is 1.24 bits per heavy atom. The number of hydrogen-bond acceptors (Lipinski definition) is 5. The highest BCUT2D eigenvalue weighted by Gasteiger charge is 2.21. The van der Waals surface area contributed by atoms with Crippen LogP contribution < -0.4 is 10.5 Å². The minimum Gasteiger partial charge on any atom is -0.325 e. The molecule has 0 unspecified atom stereocenters. The van der Waals surface area contributed by atoms with E-state index in [1.165, 1.54) is 24.3 Å². The van der Waals surface area contributed by atoms with Crippen molar-refractivity contribution in [1.29, 1.82) is 0 Å². The van der Waals surface area contributed by atoms with Crippen LogP contribution in [0.2, 0.25) is 0 Å². The minimum atomic E-state index is -3.67. The van der Waals surface area contributed by atoms with Gasteiger partial charge in [-0.1, -0.05) is 13.8 Å². The van der Waals surface area contributed by atoms with Crippen LogP contribution in [-0.4, -0.2) is 25.4 Å². The van der Waals surface area contributed by atoms with Gasteiger partial charge in [0.25, 0.3) is 5.69 Å². The molecule has 0 saturated heterocycles. The quantitative estimate of drug-likeness (QED) is 0.560. The average molecular weight is 315 g/mol. The van der Waals surface area contributed by atoms with Crippen LogP contribution in [0, 0.1) is 10.1 Å². The third kappa shape index (κ3) is 4.76. The van der Waals surface area contributed by atoms with E-state index < -0.39 is 14.9 Å². The highest BCUT2D eigenvalue weighted by atomic mass is 32.2. The van der Waals surface area contributed by atoms with Gasteiger partial charge in [0.05, 0.1) is 9.82 Å². The summed E-state index contributed by atoms with van der Waals surface area (Å²) in [4.78, 5) is 9.97. The van der Waals surface area contributed by atoms with Gasteiger partial charge in [0.15, 0.2) is 0 Å². The number of non-ortho nitro benzene ring substituents is 1. The van der Waals surface area contributed by atoms with E-state index in [9.17, 15) is 18.5 Å². The predicted molar refractivity (Wildman–Crippen MR) is 80.4 cm³/mol. The van der Waals surface area contributed by atoms with E-state index in [1.807, 2.05) is 13.8 Å². The molecule has 0 aliphatic carbocycles. The molecule has 118 valence electrons. The fourth-order valence-corrected chi connectivity index (χ4v) is 2.90. The Labute approximate surface area is 124 Å². The molecule has 0 aliphatic heterocycles. The largest absolute Gasteiger partial charge is 0.325 e. The van der Waals surface area contributed by atoms with E-state index in [0.29, 0.717) is 6.42 Å². The molecule has 1 rings (SSSR count). The zero-order valence-corrected chi connectivity index (χ0v) is 13.0. The topological polar surface area (TPSA) is 115 Å². The van der Waals surface area contributed by atoms with Crippen LogP contribution >= 0.6 is 0 Å². The third-order valence-corrected chi connectivity index (χ3v) is 5.16. The molecular formula is C13H21N3O4S. The van der Waals surface area contributed by atoms with Crippen LogP contribution in [0.25, 0.3) is 0 Å². The van der Waals surface area contributed by atoms with Gasteiger partial charge in [-0.25, -0.2) is 13.1 Å². The van der Waals surface area contributed by atoms with Gasteiger partial charge < -0.3 is 5.73 Å². The summed E-state index contributed by atoms with van der Waals surface area (Å²) in [6.45, 7) is 4.17. The van der Waals surface area contributed by atoms with E-state index >= 15 is 0 Å². The van der Waals surface area contributed by atoms with E-state index in [1.54, 1.807) is 0 Å². The van der Waals surface area contributed by atoms with E-state index in [-0.39, 0.29) is 22.7 Å². The maximum absolute atomic E-state index is 12.1. The van der Waals surface area contributed by atoms with Gasteiger partial charge in [-0.15, -0.1) is 0 Å². The highest BCUT2D eigenvalue weighted by molar-refractivity contribution is 7.89. The molecule has 0 amide bonds. The fourth-order valence-electron chi connectivity index (χ4n) is 1.87. The van der Waals surface area contributed by atoms with Crippen molar-refractivity contribution in [3.63, 3.8) is 0 Å². The second kappa shape index (κ2) is 6.97. The van der Waals surface area contributed by atoms with E-state index in [2.05, 4.69) is 4.72 Å². The summed E-state index contributed by atoms with van der Waals surface area (Å²) in [6, 6.07) is 4.77. The van der Waals surface area contributed by atoms with Gasteiger partial charge in [0, 0.05) is 24.2 Å². The molecule has 1 aromatic carbocycles. The van der Waals surface area contributed by atoms with Gasteiger partial charge in [0.2, 0.25) is 10.0 Å². The number of rotatable bonds is 8. The van der Waals surface area contributed by atoms with Crippen molar-refractivity contribution in [3.8, 4) is 0 Å². The molecule has 0 aliphatic rings. The number of hydrogen-bond donors (Lipinski definition) is 2. The van der Waals surface area contributed by atoms with Crippen LogP contribution in [0.5, 0.6) is 0 Å². The van der Waals surface area contributed by atoms with Crippen molar-refractivity contribution < 1.29 is 13.3 Å². The minimum absolute atomic E-state index is 0.00344. The first-order valence-electron chi connectivity index (χ1n) is 6.77. The molecule has 0 spiro atoms. The number of nitrogens with one attached hydrogen (secondary N) is 1. The Morgan fingerprint density at radius 2 is 1.76 bits per heavy atom. The van der Waals surface area contributed by atoms with Gasteiger partial charge in [-0.3, -0.25) is 10.1 Å². The number of nitrogens with zero attached hydrogens (tertiary/aromatic N) is 1. The molecule has 21 heavy (non-hydrogen) atoms. The molecule has 7 nitrogen and oxygen atoms in total. The Morgan fingerprint density at radius 3 is 2.19 bits per heavy atom. The molecule has 0 fully saturated rings. The molecule has 3 N–H and O–H groups in total. The zero-order valence-electron chi connectivity index (χ0n) is 12.2. The number of nitro benzene ring substituents is 1. The second-order valence-corrected chi connectivity index (χ2v) is 6.74. The Hall–Kier alpha value is -1.51. The molecule has 0 radical (unpaired) electrons. The van der Waals surface area contributed by atoms with Crippen molar-refractivity contribution in [2.45, 2.75) is 43.5 Å². The van der Waals surface area contributed by atoms with Crippen LogP contribution in [0.15, 0.2) is 29.2 Å². The number of sulfonamides is 1. The van der Waals surface area contributed by atoms with Gasteiger partial charge in [0.1, 0.15) is 0 Å². The maximum atomic E-state index is 12.1. The lowest BCUT2D eigenvalue weighted by Crippen LogP contribution is -2.41. The van der Waals surface area contributed by atoms with Crippen molar-refractivity contribution in [3.05, 3.63) is 34.4 Å². The summed E-state index contributed by atoms with van der Waals surface area (Å²) >= 11 is 0. The molecule has 1 aromatic rings. The summed E-state index contributed by atoms with van der Waals surface area (Å²) in [5.41, 5.74) is 5.58. The highest BCUT2D eigenvalue weighted by Crippen LogP contribution is 2.17. The lowest BCUT2D eigenvalue weighted by atomic mass is 9.91. The van der Waals surface area contributed by atoms with Gasteiger partial charge in [-0.2, -0.15) is 0 Å². The molecule has 8 heteroatoms. The maximum Gasteiger partial charge on any atom is 0.269 e. The summed E-state index contributed by atoms with van der Waals surface area (Å²) in [6.07, 6.45) is 2.07. The monoisotopic (exact) mass is 315 g/mol. The molecule has 0 heterocycles. The van der Waals surface area contributed by atoms with Gasteiger partial charge in [-0.05, 0) is 31.4 Å². The first-order chi connectivity index (χ1) is 9.74. The first kappa shape index (κ1) is 17.5. The Bertz CT molecular complexity index is 580. The smallest absolute Gasteiger partial charge is 0.269 e. The van der Waals surface area contributed by atoms with Crippen molar-refractivity contribution >= 4 is 15.7 Å². The van der Waals surface area contributed by atoms with Crippen LogP contribution in [0.3, 0.4) is 0 Å². The Balaban J connectivity index is 2.71. The van der Waals surface area contributed by atoms with Crippen LogP contribution in [0.1, 0.15) is 33.1 Å². The predicted octanol–water partition coefficient (Wildman–Crippen LogP) is 1.78. The van der Waals surface area contributed by atoms with E-state index in [0.717, 1.165) is 12.8 Å². The molecular weight excluding hydrogens is 294 g/mol. The summed E-state index contributed by atoms with van der Waals surface area (Å²) < 4.78 is 26.6. The third-order valence-electron chi connectivity index (χ3n) is 3.68. The van der Waals surface area contributed by atoms with Crippen molar-refractivity contribution in [2.75, 3.05) is 6.54 Å². The number of nitro groups is 1. The lowest BCUT2D eigenvalue weighted by molar-refractivity contribution is -0.384. The normalized spacial score (nSPS) is 12.3. The van der Waals surface area contributed by atoms with Gasteiger partial charge >= 0.3 is 0 Å². The standard InChI is InChI=1S/C13H21N3O4S/c1-3-13(14,4-2)9-10-15-21(19,20)12-7-5-11(6-8-12)16(17)18/h5-8,15H,3-4,9-10,14H2,1-2H3. The molecule has 0 saturated carbocycles. The summed E-state index contributed by atoms with van der Waals surface area (Å²) in [5.74, 6) is 0. The van der Waals surface area contributed by atoms with Crippen molar-refractivity contribution in [1.82, 2.24) is 4.72 Å². The molecule has 0 bridgehead atoms. The fraction of sp³-hybridized carbons (Fsp3) is 0.538. The zero-order chi connectivity index (χ0) is 16.1. The van der Waals surface area contributed by atoms with Crippen LogP contribution in [-0.2, 0) is 10.0 Å². The van der Waals surface area contributed by atoms with E-state index in [4.69, 9.17) is 5.73 Å². The molecule has 0 atom stereocenters. The Kier molecular flexibility index (Phi) is 5.82. The lowest BCUT2D eigenvalue weighted by Gasteiger charge is -2.26. The van der Waals surface area contributed by atoms with Crippen LogP contribution in [0.4, 0.5) is 5.69 Å². The average Bonchev–Trinajstić information content (AvgIpc) is 2.47. The summed E-state index contributed by atoms with van der Waals surface area (Å²) in [7, 11) is -3.67. The molecule has 0 aromatic heterocycles. The number of benzene rings is 1. The number of nitrogens with two attached hydrogens (primary N) is 1.